The molecule has 0 aliphatic rings. The summed E-state index contributed by atoms with van der Waals surface area (Å²) < 4.78 is 108. The molecule has 24 nitrogen and oxygen atoms in total. The van der Waals surface area contributed by atoms with Gasteiger partial charge in [0.25, 0.3) is 0 Å². The van der Waals surface area contributed by atoms with Gasteiger partial charge >= 0.3 is 5.97 Å². The smallest absolute Gasteiger partial charge is 0.334 e. The minimum atomic E-state index is -2.50. The molecule has 29 heteroatoms. The third-order valence-electron chi connectivity index (χ3n) is 9.69. The number of hydrogen-bond acceptors (Lipinski definition) is 15. The molecular formula is C44H68F5N11O13. The fourth-order valence-electron chi connectivity index (χ4n) is 5.95. The van der Waals surface area contributed by atoms with Crippen molar-refractivity contribution in [3.8, 4) is 5.75 Å². The van der Waals surface area contributed by atoms with E-state index in [0.29, 0.717) is 26.2 Å². The number of nitrogens with zero attached hydrogens (tertiary/aromatic N) is 6. The highest BCUT2D eigenvalue weighted by atomic mass is 19.2. The first-order chi connectivity index (χ1) is 35.3. The fourth-order valence-corrected chi connectivity index (χ4v) is 5.95. The summed E-state index contributed by atoms with van der Waals surface area (Å²) in [5, 5.41) is 19.6. The van der Waals surface area contributed by atoms with Crippen LogP contribution in [0.5, 0.6) is 5.75 Å². The molecule has 1 rings (SSSR count). The number of esters is 1. The molecule has 0 bridgehead atoms. The molecule has 0 unspecified atom stereocenters. The first kappa shape index (κ1) is 65.1. The number of carbonyl (C=O) groups excluding carboxylic acids is 6. The van der Waals surface area contributed by atoms with Gasteiger partial charge in [0.05, 0.1) is 72.7 Å². The van der Waals surface area contributed by atoms with Gasteiger partial charge in [-0.2, -0.15) is 8.78 Å². The molecule has 1 aromatic rings. The normalized spacial score (nSPS) is 11.6. The van der Waals surface area contributed by atoms with Gasteiger partial charge in [-0.25, -0.2) is 18.0 Å². The van der Waals surface area contributed by atoms with E-state index in [1.807, 2.05) is 6.92 Å². The summed E-state index contributed by atoms with van der Waals surface area (Å²) in [6.45, 7) is 5.41. The molecule has 412 valence electrons. The lowest BCUT2D eigenvalue weighted by molar-refractivity contribution is -0.140. The van der Waals surface area contributed by atoms with Gasteiger partial charge in [0.1, 0.15) is 12.1 Å². The maximum Gasteiger partial charge on any atom is 0.334 e. The van der Waals surface area contributed by atoms with Crippen molar-refractivity contribution in [2.24, 2.45) is 10.2 Å². The number of unbranched alkanes of at least 4 members (excludes halogenated alkanes) is 2. The van der Waals surface area contributed by atoms with Crippen LogP contribution in [-0.2, 0) is 57.2 Å². The lowest BCUT2D eigenvalue weighted by Gasteiger charge is -2.23. The molecular weight excluding hydrogens is 986 g/mol. The van der Waals surface area contributed by atoms with E-state index in [0.717, 1.165) is 6.42 Å². The van der Waals surface area contributed by atoms with Gasteiger partial charge in [0, 0.05) is 74.8 Å². The van der Waals surface area contributed by atoms with Crippen LogP contribution in [0.3, 0.4) is 0 Å². The molecule has 0 radical (unpaired) electrons. The van der Waals surface area contributed by atoms with Crippen LogP contribution in [0.15, 0.2) is 10.2 Å². The Kier molecular flexibility index (Phi) is 37.9. The number of amides is 5. The second-order valence-electron chi connectivity index (χ2n) is 15.5. The third-order valence-corrected chi connectivity index (χ3v) is 9.69. The van der Waals surface area contributed by atoms with Gasteiger partial charge in [-0.15, -0.1) is 0 Å². The Morgan fingerprint density at radius 2 is 0.877 bits per heavy atom. The largest absolute Gasteiger partial charge is 0.418 e. The highest BCUT2D eigenvalue weighted by Crippen LogP contribution is 2.29. The van der Waals surface area contributed by atoms with Crippen LogP contribution in [0.4, 0.5) is 22.0 Å². The van der Waals surface area contributed by atoms with Crippen LogP contribution < -0.4 is 31.3 Å². The van der Waals surface area contributed by atoms with Gasteiger partial charge in [-0.05, 0) is 62.4 Å². The van der Waals surface area contributed by atoms with Crippen molar-refractivity contribution in [2.45, 2.75) is 96.1 Å². The number of ether oxygens (including phenoxy) is 7. The predicted octanol–water partition coefficient (Wildman–Crippen LogP) is 4.03. The summed E-state index contributed by atoms with van der Waals surface area (Å²) in [7, 11) is 0. The Hall–Kier alpha value is -5.93. The Morgan fingerprint density at radius 1 is 0.479 bits per heavy atom. The van der Waals surface area contributed by atoms with E-state index in [4.69, 9.17) is 39.5 Å². The van der Waals surface area contributed by atoms with Gasteiger partial charge in [-0.3, -0.25) is 24.0 Å². The van der Waals surface area contributed by atoms with Gasteiger partial charge in [-0.1, -0.05) is 17.2 Å². The molecule has 2 atom stereocenters. The molecule has 0 fully saturated rings. The van der Waals surface area contributed by atoms with Crippen LogP contribution >= 0.6 is 0 Å². The van der Waals surface area contributed by atoms with Crippen molar-refractivity contribution in [1.29, 1.82) is 0 Å². The van der Waals surface area contributed by atoms with E-state index in [9.17, 15) is 50.7 Å². The average Bonchev–Trinajstić information content (AvgIpc) is 3.37. The van der Waals surface area contributed by atoms with Crippen molar-refractivity contribution < 1.29 is 83.9 Å². The van der Waals surface area contributed by atoms with Crippen LogP contribution in [-0.4, -0.2) is 160 Å². The highest BCUT2D eigenvalue weighted by molar-refractivity contribution is 5.91. The summed E-state index contributed by atoms with van der Waals surface area (Å²) in [6, 6.07) is -3.15. The zero-order valence-electron chi connectivity index (χ0n) is 41.0. The molecule has 0 saturated carbocycles. The zero-order valence-corrected chi connectivity index (χ0v) is 41.0. The van der Waals surface area contributed by atoms with E-state index in [1.54, 1.807) is 0 Å². The van der Waals surface area contributed by atoms with Crippen molar-refractivity contribution in [1.82, 2.24) is 26.6 Å². The van der Waals surface area contributed by atoms with Gasteiger partial charge in [0.15, 0.2) is 0 Å². The topological polar surface area (TPSA) is 325 Å². The Morgan fingerprint density at radius 3 is 1.32 bits per heavy atom. The second-order valence-corrected chi connectivity index (χ2v) is 15.5. The fraction of sp³-hybridized carbons (Fsp3) is 0.727. The van der Waals surface area contributed by atoms with E-state index in [2.05, 4.69) is 51.4 Å². The number of hydrogen-bond donors (Lipinski definition) is 5. The molecule has 0 spiro atoms. The number of halogens is 5. The van der Waals surface area contributed by atoms with Crippen LogP contribution in [0.1, 0.15) is 84.0 Å². The lowest BCUT2D eigenvalue weighted by atomic mass is 10.1. The second kappa shape index (κ2) is 42.6. The third kappa shape index (κ3) is 32.0. The maximum absolute atomic E-state index is 14.6. The number of carbonyl (C=O) groups is 6. The molecule has 0 aliphatic heterocycles. The predicted molar refractivity (Wildman–Crippen MR) is 249 cm³/mol. The Labute approximate surface area is 419 Å². The summed E-state index contributed by atoms with van der Waals surface area (Å²) in [6.07, 6.45) is 1.18. The van der Waals surface area contributed by atoms with Gasteiger partial charge < -0.3 is 59.7 Å². The number of benzene rings is 1. The minimum absolute atomic E-state index is 0.0204. The van der Waals surface area contributed by atoms with E-state index < -0.39 is 70.6 Å². The van der Waals surface area contributed by atoms with Crippen LogP contribution in [0.2, 0.25) is 0 Å². The molecule has 73 heavy (non-hydrogen) atoms. The van der Waals surface area contributed by atoms with Crippen molar-refractivity contribution in [2.75, 3.05) is 112 Å². The standard InChI is InChI=1S/C44H68F5N11O13/c1-2-19-67-25-26-68-22-13-35(63)54-16-7-10-36(64)57-31(8-3-5-14-52-33(61)11-20-69-27-29-71-23-17-55-59-50)43(65)58-32(44(66)73-42-40(48)38(46)37(45)39(47)41(42)49)9-4-6-15-53-34(62)12-21-70-28-30-72-24-18-56-60-51/h31-32H,2-30H2,1H3,(H,52,61)(H,53,62)(H,54,63)(H,57,64)(H,58,65)/t31-,32-/m0/s1. The number of azide groups is 2. The summed E-state index contributed by atoms with van der Waals surface area (Å²) in [5.41, 5.74) is 16.5. The summed E-state index contributed by atoms with van der Waals surface area (Å²) >= 11 is 0. The molecule has 5 amide bonds. The SMILES string of the molecule is CCCOCCOCCC(=O)NCCCC(=O)N[C@@H](CCCCNC(=O)CCOCCOCCN=[N+]=[N-])C(=O)N[C@@H](CCCCNC(=O)CCOCCOCCN=[N+]=[N-])C(=O)Oc1c(F)c(F)c(F)c(F)c1F. The van der Waals surface area contributed by atoms with Crippen molar-refractivity contribution in [3.63, 3.8) is 0 Å². The summed E-state index contributed by atoms with van der Waals surface area (Å²) in [4.78, 5) is 82.5. The van der Waals surface area contributed by atoms with E-state index in [1.165, 1.54) is 0 Å². The average molecular weight is 1050 g/mol. The number of nitrogens with one attached hydrogen (secondary N) is 5. The van der Waals surface area contributed by atoms with Crippen molar-refractivity contribution in [3.05, 3.63) is 50.0 Å². The Bertz CT molecular complexity index is 1890. The minimum Gasteiger partial charge on any atom is -0.418 e. The zero-order chi connectivity index (χ0) is 53.9. The highest BCUT2D eigenvalue weighted by Gasteiger charge is 2.33. The van der Waals surface area contributed by atoms with Gasteiger partial charge in [0.2, 0.25) is 64.4 Å². The molecule has 0 saturated heterocycles. The maximum atomic E-state index is 14.6. The number of rotatable bonds is 45. The summed E-state index contributed by atoms with van der Waals surface area (Å²) in [5.74, 6) is -18.4. The quantitative estimate of drug-likeness (QED) is 0.00710. The first-order valence-corrected chi connectivity index (χ1v) is 23.9. The first-order valence-electron chi connectivity index (χ1n) is 23.9. The van der Waals surface area contributed by atoms with Crippen LogP contribution in [0, 0.1) is 29.1 Å². The Balaban J connectivity index is 2.98. The molecule has 1 aromatic carbocycles. The molecule has 0 heterocycles. The van der Waals surface area contributed by atoms with Crippen molar-refractivity contribution >= 4 is 35.5 Å². The molecule has 5 N–H and O–H groups in total. The molecule has 0 aromatic heterocycles. The van der Waals surface area contributed by atoms with Crippen LogP contribution in [0.25, 0.3) is 20.9 Å². The van der Waals surface area contributed by atoms with E-state index in [-0.39, 0.29) is 168 Å². The van der Waals surface area contributed by atoms with E-state index >= 15 is 0 Å². The molecule has 0 aliphatic carbocycles. The lowest BCUT2D eigenvalue weighted by Crippen LogP contribution is -2.52. The monoisotopic (exact) mass is 1050 g/mol.